The van der Waals surface area contributed by atoms with Crippen molar-refractivity contribution in [2.75, 3.05) is 30.4 Å². The second-order valence-electron chi connectivity index (χ2n) is 4.35. The highest BCUT2D eigenvalue weighted by molar-refractivity contribution is 5.68. The van der Waals surface area contributed by atoms with E-state index < -0.39 is 0 Å². The van der Waals surface area contributed by atoms with E-state index in [2.05, 4.69) is 14.9 Å². The lowest BCUT2D eigenvalue weighted by Gasteiger charge is -2.38. The van der Waals surface area contributed by atoms with Gasteiger partial charge in [0.05, 0.1) is 13.2 Å². The van der Waals surface area contributed by atoms with Crippen LogP contribution in [-0.2, 0) is 0 Å². The van der Waals surface area contributed by atoms with Crippen molar-refractivity contribution >= 4 is 11.5 Å². The number of nitrogens with zero attached hydrogens (tertiary/aromatic N) is 3. The van der Waals surface area contributed by atoms with Crippen LogP contribution in [0.5, 0.6) is 5.88 Å². The van der Waals surface area contributed by atoms with E-state index in [1.165, 1.54) is 12.7 Å². The van der Waals surface area contributed by atoms with E-state index >= 15 is 0 Å². The minimum Gasteiger partial charge on any atom is -0.476 e. The first-order chi connectivity index (χ1) is 8.77. The maximum Gasteiger partial charge on any atom is 0.242 e. The molecule has 0 amide bonds. The summed E-state index contributed by atoms with van der Waals surface area (Å²) < 4.78 is 5.37. The summed E-state index contributed by atoms with van der Waals surface area (Å²) in [5, 5.41) is 9.17. The Morgan fingerprint density at radius 1 is 1.50 bits per heavy atom. The van der Waals surface area contributed by atoms with E-state index in [1.807, 2.05) is 6.92 Å². The topological polar surface area (TPSA) is 84.5 Å². The molecule has 1 fully saturated rings. The standard InChI is InChI=1S/C12H20N4O2/c1-2-18-12-10(13)11(14-8-15-12)16(6-7-17)9-4-3-5-9/h8-9,17H,2-7,13H2,1H3. The molecule has 6 heteroatoms. The number of ether oxygens (including phenoxy) is 1. The predicted octanol–water partition coefficient (Wildman–Crippen LogP) is 0.809. The van der Waals surface area contributed by atoms with Gasteiger partial charge in [-0.05, 0) is 26.2 Å². The van der Waals surface area contributed by atoms with Crippen LogP contribution in [0.3, 0.4) is 0 Å². The SMILES string of the molecule is CCOc1ncnc(N(CCO)C2CCC2)c1N. The average Bonchev–Trinajstić information content (AvgIpc) is 2.29. The van der Waals surface area contributed by atoms with Gasteiger partial charge in [0.15, 0.2) is 5.82 Å². The Hall–Kier alpha value is -1.56. The number of rotatable bonds is 6. The number of nitrogens with two attached hydrogens (primary N) is 1. The second kappa shape index (κ2) is 5.86. The molecule has 1 saturated carbocycles. The van der Waals surface area contributed by atoms with Crippen LogP contribution in [0.4, 0.5) is 11.5 Å². The van der Waals surface area contributed by atoms with Crippen LogP contribution in [0.1, 0.15) is 26.2 Å². The van der Waals surface area contributed by atoms with E-state index in [4.69, 9.17) is 10.5 Å². The van der Waals surface area contributed by atoms with Crippen LogP contribution < -0.4 is 15.4 Å². The van der Waals surface area contributed by atoms with Crippen LogP contribution in [0.15, 0.2) is 6.33 Å². The summed E-state index contributed by atoms with van der Waals surface area (Å²) in [4.78, 5) is 10.3. The van der Waals surface area contributed by atoms with Crippen molar-refractivity contribution in [3.63, 3.8) is 0 Å². The highest BCUT2D eigenvalue weighted by atomic mass is 16.5. The van der Waals surface area contributed by atoms with Crippen molar-refractivity contribution in [1.29, 1.82) is 0 Å². The van der Waals surface area contributed by atoms with Crippen molar-refractivity contribution in [3.05, 3.63) is 6.33 Å². The zero-order chi connectivity index (χ0) is 13.0. The Bertz CT molecular complexity index is 396. The fourth-order valence-corrected chi connectivity index (χ4v) is 2.12. The zero-order valence-corrected chi connectivity index (χ0v) is 10.7. The number of nitrogen functional groups attached to an aromatic ring is 1. The minimum atomic E-state index is 0.0872. The monoisotopic (exact) mass is 252 g/mol. The summed E-state index contributed by atoms with van der Waals surface area (Å²) in [6.45, 7) is 3.03. The number of hydrogen-bond acceptors (Lipinski definition) is 6. The van der Waals surface area contributed by atoms with Gasteiger partial charge in [-0.15, -0.1) is 0 Å². The van der Waals surface area contributed by atoms with Crippen molar-refractivity contribution in [2.45, 2.75) is 32.2 Å². The molecular formula is C12H20N4O2. The molecule has 0 unspecified atom stereocenters. The van der Waals surface area contributed by atoms with Crippen molar-refractivity contribution in [3.8, 4) is 5.88 Å². The van der Waals surface area contributed by atoms with Crippen LogP contribution in [0, 0.1) is 0 Å². The number of aromatic nitrogens is 2. The quantitative estimate of drug-likeness (QED) is 0.779. The highest BCUT2D eigenvalue weighted by Gasteiger charge is 2.27. The van der Waals surface area contributed by atoms with Crippen LogP contribution in [-0.4, -0.2) is 40.9 Å². The Kier molecular flexibility index (Phi) is 4.19. The molecule has 1 heterocycles. The second-order valence-corrected chi connectivity index (χ2v) is 4.35. The van der Waals surface area contributed by atoms with Gasteiger partial charge in [0.2, 0.25) is 5.88 Å². The van der Waals surface area contributed by atoms with Gasteiger partial charge in [-0.25, -0.2) is 4.98 Å². The molecule has 0 aliphatic heterocycles. The van der Waals surface area contributed by atoms with Gasteiger partial charge in [0, 0.05) is 12.6 Å². The van der Waals surface area contributed by atoms with Crippen molar-refractivity contribution in [1.82, 2.24) is 9.97 Å². The molecule has 0 saturated heterocycles. The zero-order valence-electron chi connectivity index (χ0n) is 10.7. The van der Waals surface area contributed by atoms with Gasteiger partial charge in [-0.3, -0.25) is 0 Å². The summed E-state index contributed by atoms with van der Waals surface area (Å²) in [7, 11) is 0. The Balaban J connectivity index is 2.25. The molecule has 100 valence electrons. The largest absolute Gasteiger partial charge is 0.476 e. The van der Waals surface area contributed by atoms with Gasteiger partial charge in [-0.1, -0.05) is 0 Å². The van der Waals surface area contributed by atoms with Gasteiger partial charge >= 0.3 is 0 Å². The molecule has 0 atom stereocenters. The van der Waals surface area contributed by atoms with Gasteiger partial charge in [-0.2, -0.15) is 4.98 Å². The summed E-state index contributed by atoms with van der Waals surface area (Å²) in [6, 6.07) is 0.420. The molecule has 6 nitrogen and oxygen atoms in total. The highest BCUT2D eigenvalue weighted by Crippen LogP contribution is 2.34. The fourth-order valence-electron chi connectivity index (χ4n) is 2.12. The third-order valence-corrected chi connectivity index (χ3v) is 3.24. The molecule has 18 heavy (non-hydrogen) atoms. The lowest BCUT2D eigenvalue weighted by Crippen LogP contribution is -2.42. The first kappa shape index (κ1) is 12.9. The maximum absolute atomic E-state index is 9.17. The van der Waals surface area contributed by atoms with E-state index in [0.717, 1.165) is 12.8 Å². The number of hydrogen-bond donors (Lipinski definition) is 2. The molecule has 3 N–H and O–H groups in total. The number of anilines is 2. The van der Waals surface area contributed by atoms with E-state index in [-0.39, 0.29) is 6.61 Å². The maximum atomic E-state index is 9.17. The van der Waals surface area contributed by atoms with Gasteiger partial charge in [0.1, 0.15) is 12.0 Å². The molecular weight excluding hydrogens is 232 g/mol. The lowest BCUT2D eigenvalue weighted by molar-refractivity contribution is 0.282. The summed E-state index contributed by atoms with van der Waals surface area (Å²) >= 11 is 0. The Morgan fingerprint density at radius 2 is 2.28 bits per heavy atom. The third-order valence-electron chi connectivity index (χ3n) is 3.24. The molecule has 2 rings (SSSR count). The summed E-state index contributed by atoms with van der Waals surface area (Å²) in [5.74, 6) is 1.09. The smallest absolute Gasteiger partial charge is 0.242 e. The minimum absolute atomic E-state index is 0.0872. The third kappa shape index (κ3) is 2.48. The van der Waals surface area contributed by atoms with Crippen molar-refractivity contribution < 1.29 is 9.84 Å². The molecule has 0 radical (unpaired) electrons. The van der Waals surface area contributed by atoms with E-state index in [1.54, 1.807) is 0 Å². The average molecular weight is 252 g/mol. The summed E-state index contributed by atoms with van der Waals surface area (Å²) in [5.41, 5.74) is 6.50. The molecule has 0 bridgehead atoms. The molecule has 1 aliphatic rings. The van der Waals surface area contributed by atoms with E-state index in [0.29, 0.717) is 36.6 Å². The molecule has 0 spiro atoms. The number of aliphatic hydroxyl groups excluding tert-OH is 1. The Morgan fingerprint density at radius 3 is 2.83 bits per heavy atom. The van der Waals surface area contributed by atoms with Crippen LogP contribution in [0.2, 0.25) is 0 Å². The van der Waals surface area contributed by atoms with Crippen molar-refractivity contribution in [2.24, 2.45) is 0 Å². The molecule has 0 aromatic carbocycles. The molecule has 1 aromatic heterocycles. The van der Waals surface area contributed by atoms with E-state index in [9.17, 15) is 5.11 Å². The lowest BCUT2D eigenvalue weighted by atomic mass is 9.91. The van der Waals surface area contributed by atoms with Crippen LogP contribution in [0.25, 0.3) is 0 Å². The van der Waals surface area contributed by atoms with Gasteiger partial charge < -0.3 is 20.5 Å². The molecule has 1 aromatic rings. The summed E-state index contributed by atoms with van der Waals surface area (Å²) in [6.07, 6.45) is 4.91. The van der Waals surface area contributed by atoms with Gasteiger partial charge in [0.25, 0.3) is 0 Å². The first-order valence-electron chi connectivity index (χ1n) is 6.38. The normalized spacial score (nSPS) is 15.2. The molecule has 1 aliphatic carbocycles. The number of aliphatic hydroxyl groups is 1. The predicted molar refractivity (Wildman–Crippen MR) is 69.7 cm³/mol. The fraction of sp³-hybridized carbons (Fsp3) is 0.667. The van der Waals surface area contributed by atoms with Crippen LogP contribution >= 0.6 is 0 Å². The Labute approximate surface area is 107 Å². The first-order valence-corrected chi connectivity index (χ1v) is 6.38.